The maximum absolute atomic E-state index is 12.0. The van der Waals surface area contributed by atoms with Crippen molar-refractivity contribution in [2.45, 2.75) is 52.5 Å². The smallest absolute Gasteiger partial charge is 0.273 e. The number of hydrogen-bond donors (Lipinski definition) is 2. The van der Waals surface area contributed by atoms with Crippen LogP contribution in [0.3, 0.4) is 0 Å². The molecule has 0 aliphatic heterocycles. The first-order chi connectivity index (χ1) is 8.97. The van der Waals surface area contributed by atoms with Crippen molar-refractivity contribution in [3.8, 4) is 0 Å². The summed E-state index contributed by atoms with van der Waals surface area (Å²) in [7, 11) is 1.95. The van der Waals surface area contributed by atoms with E-state index in [-0.39, 0.29) is 11.4 Å². The first-order valence-electron chi connectivity index (χ1n) is 6.89. The molecule has 19 heavy (non-hydrogen) atoms. The van der Waals surface area contributed by atoms with Crippen molar-refractivity contribution in [1.82, 2.24) is 15.8 Å². The zero-order chi connectivity index (χ0) is 14.5. The molecule has 0 bridgehead atoms. The lowest BCUT2D eigenvalue weighted by atomic mass is 9.95. The molecule has 0 fully saturated rings. The molecule has 5 heteroatoms. The number of nitrogens with zero attached hydrogens (tertiary/aromatic N) is 1. The Kier molecular flexibility index (Phi) is 5.54. The average Bonchev–Trinajstić information content (AvgIpc) is 2.79. The van der Waals surface area contributed by atoms with Crippen LogP contribution in [0.2, 0.25) is 0 Å². The van der Waals surface area contributed by atoms with Crippen molar-refractivity contribution in [1.29, 1.82) is 0 Å². The van der Waals surface area contributed by atoms with Gasteiger partial charge in [0.2, 0.25) is 0 Å². The van der Waals surface area contributed by atoms with Gasteiger partial charge in [-0.05, 0) is 33.7 Å². The van der Waals surface area contributed by atoms with Crippen molar-refractivity contribution in [2.24, 2.45) is 0 Å². The molecular formula is C14H25N3O2. The van der Waals surface area contributed by atoms with Gasteiger partial charge in [-0.25, -0.2) is 0 Å². The summed E-state index contributed by atoms with van der Waals surface area (Å²) in [5.74, 6) is 0.620. The number of carbonyl (C=O) groups excluding carboxylic acids is 1. The van der Waals surface area contributed by atoms with Crippen LogP contribution in [0.15, 0.2) is 4.52 Å². The van der Waals surface area contributed by atoms with E-state index in [2.05, 4.69) is 29.6 Å². The monoisotopic (exact) mass is 267 g/mol. The number of carbonyl (C=O) groups is 1. The van der Waals surface area contributed by atoms with Gasteiger partial charge in [-0.3, -0.25) is 4.79 Å². The lowest BCUT2D eigenvalue weighted by Crippen LogP contribution is -2.42. The third-order valence-electron chi connectivity index (χ3n) is 3.90. The minimum absolute atomic E-state index is 0.0563. The Morgan fingerprint density at radius 3 is 2.58 bits per heavy atom. The van der Waals surface area contributed by atoms with E-state index in [9.17, 15) is 4.79 Å². The Hall–Kier alpha value is -1.36. The zero-order valence-electron chi connectivity index (χ0n) is 12.6. The second kappa shape index (κ2) is 6.70. The molecule has 0 saturated carbocycles. The van der Waals surface area contributed by atoms with Crippen LogP contribution in [-0.4, -0.2) is 30.2 Å². The molecule has 1 aromatic rings. The fraction of sp³-hybridized carbons (Fsp3) is 0.714. The standard InChI is InChI=1S/C14H25N3O2/c1-6-11-10(3)12(17-19-11)13(18)16-9-8-14(4,7-2)15-5/h15H,6-9H2,1-5H3,(H,16,18). The van der Waals surface area contributed by atoms with E-state index >= 15 is 0 Å². The van der Waals surface area contributed by atoms with Gasteiger partial charge < -0.3 is 15.2 Å². The van der Waals surface area contributed by atoms with Crippen LogP contribution < -0.4 is 10.6 Å². The highest BCUT2D eigenvalue weighted by molar-refractivity contribution is 5.93. The molecule has 1 amide bonds. The maximum atomic E-state index is 12.0. The Balaban J connectivity index is 2.54. The largest absolute Gasteiger partial charge is 0.360 e. The third-order valence-corrected chi connectivity index (χ3v) is 3.90. The van der Waals surface area contributed by atoms with Gasteiger partial charge in [-0.2, -0.15) is 0 Å². The summed E-state index contributed by atoms with van der Waals surface area (Å²) in [6.07, 6.45) is 2.64. The summed E-state index contributed by atoms with van der Waals surface area (Å²) in [6, 6.07) is 0. The van der Waals surface area contributed by atoms with Crippen LogP contribution in [0.4, 0.5) is 0 Å². The average molecular weight is 267 g/mol. The summed E-state index contributed by atoms with van der Waals surface area (Å²) in [4.78, 5) is 12.0. The molecule has 1 unspecified atom stereocenters. The first kappa shape index (κ1) is 15.7. The molecule has 0 radical (unpaired) electrons. The minimum Gasteiger partial charge on any atom is -0.360 e. The SMILES string of the molecule is CCc1onc(C(=O)NCCC(C)(CC)NC)c1C. The van der Waals surface area contributed by atoms with Gasteiger partial charge in [0.25, 0.3) is 5.91 Å². The number of aryl methyl sites for hydroxylation is 1. The molecular weight excluding hydrogens is 242 g/mol. The second-order valence-electron chi connectivity index (χ2n) is 5.10. The van der Waals surface area contributed by atoms with Crippen molar-refractivity contribution in [2.75, 3.05) is 13.6 Å². The topological polar surface area (TPSA) is 67.2 Å². The predicted molar refractivity (Wildman–Crippen MR) is 75.3 cm³/mol. The van der Waals surface area contributed by atoms with Crippen LogP contribution in [-0.2, 0) is 6.42 Å². The minimum atomic E-state index is -0.157. The van der Waals surface area contributed by atoms with E-state index in [1.807, 2.05) is 20.9 Å². The van der Waals surface area contributed by atoms with Crippen LogP contribution in [0, 0.1) is 6.92 Å². The van der Waals surface area contributed by atoms with Gasteiger partial charge in [-0.1, -0.05) is 19.0 Å². The molecule has 0 saturated heterocycles. The van der Waals surface area contributed by atoms with E-state index in [0.717, 1.165) is 30.6 Å². The first-order valence-corrected chi connectivity index (χ1v) is 6.89. The van der Waals surface area contributed by atoms with E-state index in [4.69, 9.17) is 4.52 Å². The van der Waals surface area contributed by atoms with Crippen LogP contribution in [0.5, 0.6) is 0 Å². The normalized spacial score (nSPS) is 14.2. The second-order valence-corrected chi connectivity index (χ2v) is 5.10. The van der Waals surface area contributed by atoms with Gasteiger partial charge in [-0.15, -0.1) is 0 Å². The predicted octanol–water partition coefficient (Wildman–Crippen LogP) is 2.05. The van der Waals surface area contributed by atoms with Crippen molar-refractivity contribution in [3.05, 3.63) is 17.0 Å². The van der Waals surface area contributed by atoms with E-state index in [1.54, 1.807) is 0 Å². The number of hydrogen-bond acceptors (Lipinski definition) is 4. The van der Waals surface area contributed by atoms with E-state index < -0.39 is 0 Å². The highest BCUT2D eigenvalue weighted by Gasteiger charge is 2.21. The fourth-order valence-electron chi connectivity index (χ4n) is 1.93. The Bertz CT molecular complexity index is 422. The van der Waals surface area contributed by atoms with Crippen molar-refractivity contribution < 1.29 is 9.32 Å². The molecule has 0 aliphatic carbocycles. The molecule has 0 spiro atoms. The molecule has 1 atom stereocenters. The van der Waals surface area contributed by atoms with Gasteiger partial charge in [0, 0.05) is 24.1 Å². The van der Waals surface area contributed by atoms with E-state index in [1.165, 1.54) is 0 Å². The Labute approximate surface area is 115 Å². The molecule has 1 aromatic heterocycles. The number of amides is 1. The molecule has 108 valence electrons. The molecule has 5 nitrogen and oxygen atoms in total. The zero-order valence-corrected chi connectivity index (χ0v) is 12.6. The number of nitrogens with one attached hydrogen (secondary N) is 2. The highest BCUT2D eigenvalue weighted by atomic mass is 16.5. The molecule has 0 aromatic carbocycles. The van der Waals surface area contributed by atoms with E-state index in [0.29, 0.717) is 12.2 Å². The Morgan fingerprint density at radius 2 is 2.11 bits per heavy atom. The maximum Gasteiger partial charge on any atom is 0.273 e. The van der Waals surface area contributed by atoms with Crippen molar-refractivity contribution in [3.63, 3.8) is 0 Å². The van der Waals surface area contributed by atoms with Crippen molar-refractivity contribution >= 4 is 5.91 Å². The molecule has 1 heterocycles. The summed E-state index contributed by atoms with van der Waals surface area (Å²) < 4.78 is 5.13. The van der Waals surface area contributed by atoms with Crippen LogP contribution in [0.25, 0.3) is 0 Å². The summed E-state index contributed by atoms with van der Waals surface area (Å²) >= 11 is 0. The van der Waals surface area contributed by atoms with Gasteiger partial charge in [0.15, 0.2) is 5.69 Å². The number of aromatic nitrogens is 1. The lowest BCUT2D eigenvalue weighted by Gasteiger charge is -2.27. The van der Waals surface area contributed by atoms with Gasteiger partial charge in [0.1, 0.15) is 5.76 Å². The summed E-state index contributed by atoms with van der Waals surface area (Å²) in [5, 5.41) is 10.0. The summed E-state index contributed by atoms with van der Waals surface area (Å²) in [5.41, 5.74) is 1.30. The quantitative estimate of drug-likeness (QED) is 0.793. The van der Waals surface area contributed by atoms with Crippen LogP contribution >= 0.6 is 0 Å². The molecule has 0 aliphatic rings. The Morgan fingerprint density at radius 1 is 1.42 bits per heavy atom. The van der Waals surface area contributed by atoms with Gasteiger partial charge >= 0.3 is 0 Å². The van der Waals surface area contributed by atoms with Crippen LogP contribution in [0.1, 0.15) is 55.4 Å². The fourth-order valence-corrected chi connectivity index (χ4v) is 1.93. The molecule has 1 rings (SSSR count). The lowest BCUT2D eigenvalue weighted by molar-refractivity contribution is 0.0940. The number of rotatable bonds is 7. The molecule has 2 N–H and O–H groups in total. The summed E-state index contributed by atoms with van der Waals surface area (Å²) in [6.45, 7) is 8.75. The third kappa shape index (κ3) is 3.80. The highest BCUT2D eigenvalue weighted by Crippen LogP contribution is 2.14. The van der Waals surface area contributed by atoms with Gasteiger partial charge in [0.05, 0.1) is 0 Å².